The molecule has 0 N–H and O–H groups in total. The lowest BCUT2D eigenvalue weighted by molar-refractivity contribution is 0.669. The average molecular weight is 589 g/mol. The highest BCUT2D eigenvalue weighted by Gasteiger charge is 2.20. The summed E-state index contributed by atoms with van der Waals surface area (Å²) < 4.78 is 8.64. The second kappa shape index (κ2) is 9.58. The third-order valence-electron chi connectivity index (χ3n) is 9.04. The third kappa shape index (κ3) is 3.66. The quantitative estimate of drug-likeness (QED) is 0.193. The van der Waals surface area contributed by atoms with E-state index in [0.29, 0.717) is 17.6 Å². The largest absolute Gasteiger partial charge is 0.456 e. The molecule has 0 unspecified atom stereocenters. The zero-order valence-corrected chi connectivity index (χ0v) is 24.6. The standard InChI is InChI=1S/C41H24N4O/c1-2-12-26(13-3-1)39-42-40(44-41(43-39)45-34-18-8-6-15-29(34)30-16-7-9-19-35(30)45)31-17-10-20-36-38(31)33-24-32-27(23-37(33)46-36)22-21-25-11-4-5-14-28(25)32/h1-24H. The van der Waals surface area contributed by atoms with Crippen molar-refractivity contribution in [2.24, 2.45) is 0 Å². The number of rotatable bonds is 3. The molecule has 0 atom stereocenters. The summed E-state index contributed by atoms with van der Waals surface area (Å²) in [5.41, 5.74) is 5.56. The fourth-order valence-corrected chi connectivity index (χ4v) is 6.95. The number of aromatic nitrogens is 4. The van der Waals surface area contributed by atoms with Crippen LogP contribution in [0.3, 0.4) is 0 Å². The van der Waals surface area contributed by atoms with Crippen LogP contribution in [0.15, 0.2) is 150 Å². The van der Waals surface area contributed by atoms with Crippen LogP contribution >= 0.6 is 0 Å². The summed E-state index contributed by atoms with van der Waals surface area (Å²) in [6.07, 6.45) is 0. The highest BCUT2D eigenvalue weighted by atomic mass is 16.3. The molecule has 0 amide bonds. The molecule has 3 heterocycles. The SMILES string of the molecule is c1ccc(-c2nc(-c3cccc4oc5cc6ccc7ccccc7c6cc5c34)nc(-n3c4ccccc4c4ccccc43)n2)cc1. The molecule has 0 fully saturated rings. The fourth-order valence-electron chi connectivity index (χ4n) is 6.95. The van der Waals surface area contributed by atoms with Crippen molar-refractivity contribution in [3.05, 3.63) is 146 Å². The molecule has 7 aromatic carbocycles. The molecule has 0 spiro atoms. The Morgan fingerprint density at radius 3 is 1.91 bits per heavy atom. The number of hydrogen-bond acceptors (Lipinski definition) is 4. The predicted molar refractivity (Wildman–Crippen MR) is 187 cm³/mol. The molecular formula is C41H24N4O. The van der Waals surface area contributed by atoms with Crippen LogP contribution in [0, 0.1) is 0 Å². The lowest BCUT2D eigenvalue weighted by Crippen LogP contribution is -2.06. The van der Waals surface area contributed by atoms with Gasteiger partial charge in [0.25, 0.3) is 0 Å². The van der Waals surface area contributed by atoms with E-state index in [1.54, 1.807) is 0 Å². The lowest BCUT2D eigenvalue weighted by atomic mass is 9.98. The zero-order valence-electron chi connectivity index (χ0n) is 24.6. The van der Waals surface area contributed by atoms with Gasteiger partial charge in [0.15, 0.2) is 11.6 Å². The Hall–Kier alpha value is -6.33. The van der Waals surface area contributed by atoms with Crippen LogP contribution in [-0.4, -0.2) is 19.5 Å². The maximum absolute atomic E-state index is 6.49. The predicted octanol–water partition coefficient (Wildman–Crippen LogP) is 10.5. The Morgan fingerprint density at radius 2 is 1.11 bits per heavy atom. The van der Waals surface area contributed by atoms with Crippen molar-refractivity contribution in [2.45, 2.75) is 0 Å². The Bertz CT molecular complexity index is 2760. The lowest BCUT2D eigenvalue weighted by Gasteiger charge is -2.11. The summed E-state index contributed by atoms with van der Waals surface area (Å²) in [7, 11) is 0. The molecule has 10 aromatic rings. The van der Waals surface area contributed by atoms with E-state index in [2.05, 4.69) is 108 Å². The summed E-state index contributed by atoms with van der Waals surface area (Å²) in [4.78, 5) is 15.4. The molecule has 0 saturated carbocycles. The fraction of sp³-hybridized carbons (Fsp3) is 0. The van der Waals surface area contributed by atoms with E-state index >= 15 is 0 Å². The second-order valence-electron chi connectivity index (χ2n) is 11.7. The van der Waals surface area contributed by atoms with Crippen LogP contribution in [0.5, 0.6) is 0 Å². The van der Waals surface area contributed by atoms with Crippen LogP contribution in [-0.2, 0) is 0 Å². The zero-order chi connectivity index (χ0) is 30.2. The summed E-state index contributed by atoms with van der Waals surface area (Å²) in [6.45, 7) is 0. The van der Waals surface area contributed by atoms with Gasteiger partial charge in [-0.15, -0.1) is 0 Å². The van der Waals surface area contributed by atoms with Crippen LogP contribution < -0.4 is 0 Å². The second-order valence-corrected chi connectivity index (χ2v) is 11.7. The molecule has 0 aliphatic carbocycles. The molecule has 0 aliphatic rings. The van der Waals surface area contributed by atoms with Gasteiger partial charge in [-0.1, -0.05) is 115 Å². The normalized spacial score (nSPS) is 11.9. The van der Waals surface area contributed by atoms with Crippen molar-refractivity contribution in [1.82, 2.24) is 19.5 Å². The molecule has 10 rings (SSSR count). The number of para-hydroxylation sites is 2. The smallest absolute Gasteiger partial charge is 0.238 e. The molecule has 5 heteroatoms. The first-order valence-electron chi connectivity index (χ1n) is 15.4. The summed E-state index contributed by atoms with van der Waals surface area (Å²) in [5, 5.41) is 9.10. The van der Waals surface area contributed by atoms with Crippen molar-refractivity contribution in [3.63, 3.8) is 0 Å². The first-order valence-corrected chi connectivity index (χ1v) is 15.4. The van der Waals surface area contributed by atoms with Gasteiger partial charge in [0, 0.05) is 32.7 Å². The van der Waals surface area contributed by atoms with Gasteiger partial charge in [-0.05, 0) is 51.9 Å². The maximum atomic E-state index is 6.49. The van der Waals surface area contributed by atoms with Gasteiger partial charge in [-0.25, -0.2) is 4.98 Å². The van der Waals surface area contributed by atoms with Crippen molar-refractivity contribution in [2.75, 3.05) is 0 Å². The Balaban J connectivity index is 1.30. The summed E-state index contributed by atoms with van der Waals surface area (Å²) >= 11 is 0. The number of fused-ring (bicyclic) bond motifs is 9. The average Bonchev–Trinajstić information content (AvgIpc) is 3.66. The van der Waals surface area contributed by atoms with Crippen molar-refractivity contribution < 1.29 is 4.42 Å². The number of nitrogens with zero attached hydrogens (tertiary/aromatic N) is 4. The number of hydrogen-bond donors (Lipinski definition) is 0. The van der Waals surface area contributed by atoms with Gasteiger partial charge in [0.05, 0.1) is 11.0 Å². The van der Waals surface area contributed by atoms with Gasteiger partial charge in [0.1, 0.15) is 11.2 Å². The van der Waals surface area contributed by atoms with Crippen molar-refractivity contribution >= 4 is 65.3 Å². The van der Waals surface area contributed by atoms with Gasteiger partial charge >= 0.3 is 0 Å². The highest BCUT2D eigenvalue weighted by Crippen LogP contribution is 2.40. The van der Waals surface area contributed by atoms with E-state index in [1.807, 2.05) is 42.5 Å². The monoisotopic (exact) mass is 588 g/mol. The van der Waals surface area contributed by atoms with Crippen molar-refractivity contribution in [1.29, 1.82) is 0 Å². The topological polar surface area (TPSA) is 56.7 Å². The van der Waals surface area contributed by atoms with Crippen LogP contribution in [0.2, 0.25) is 0 Å². The summed E-state index contributed by atoms with van der Waals surface area (Å²) in [5.74, 6) is 1.78. The third-order valence-corrected chi connectivity index (χ3v) is 9.04. The maximum Gasteiger partial charge on any atom is 0.238 e. The van der Waals surface area contributed by atoms with Gasteiger partial charge in [-0.3, -0.25) is 4.57 Å². The van der Waals surface area contributed by atoms with E-state index in [1.165, 1.54) is 16.2 Å². The van der Waals surface area contributed by atoms with E-state index in [-0.39, 0.29) is 0 Å². The number of furan rings is 1. The van der Waals surface area contributed by atoms with Gasteiger partial charge in [-0.2, -0.15) is 9.97 Å². The molecule has 0 aliphatic heterocycles. The minimum atomic E-state index is 0.572. The number of benzene rings is 7. The molecule has 46 heavy (non-hydrogen) atoms. The van der Waals surface area contributed by atoms with Crippen LogP contribution in [0.1, 0.15) is 0 Å². The molecule has 5 nitrogen and oxygen atoms in total. The van der Waals surface area contributed by atoms with Gasteiger partial charge in [0.2, 0.25) is 5.95 Å². The molecule has 3 aromatic heterocycles. The molecular weight excluding hydrogens is 564 g/mol. The Morgan fingerprint density at radius 1 is 0.435 bits per heavy atom. The first-order chi connectivity index (χ1) is 22.8. The van der Waals surface area contributed by atoms with E-state index in [9.17, 15) is 0 Å². The highest BCUT2D eigenvalue weighted by molar-refractivity contribution is 6.19. The van der Waals surface area contributed by atoms with Gasteiger partial charge < -0.3 is 4.42 Å². The van der Waals surface area contributed by atoms with Crippen molar-refractivity contribution in [3.8, 4) is 28.7 Å². The van der Waals surface area contributed by atoms with Crippen LogP contribution in [0.25, 0.3) is 94.0 Å². The van der Waals surface area contributed by atoms with E-state index < -0.39 is 0 Å². The van der Waals surface area contributed by atoms with E-state index in [4.69, 9.17) is 19.4 Å². The van der Waals surface area contributed by atoms with Crippen LogP contribution in [0.4, 0.5) is 0 Å². The summed E-state index contributed by atoms with van der Waals surface area (Å²) in [6, 6.07) is 50.3. The molecule has 0 bridgehead atoms. The first kappa shape index (κ1) is 25.0. The van der Waals surface area contributed by atoms with E-state index in [0.717, 1.165) is 60.3 Å². The molecule has 214 valence electrons. The Kier molecular flexibility index (Phi) is 5.22. The minimum Gasteiger partial charge on any atom is -0.456 e. The minimum absolute atomic E-state index is 0.572. The Labute approximate surface area is 263 Å². The molecule has 0 radical (unpaired) electrons. The molecule has 0 saturated heterocycles.